The molecule has 0 aliphatic carbocycles. The minimum absolute atomic E-state index is 0.515. The van der Waals surface area contributed by atoms with Crippen molar-refractivity contribution in [2.75, 3.05) is 25.0 Å². The summed E-state index contributed by atoms with van der Waals surface area (Å²) in [5.41, 5.74) is 3.01. The van der Waals surface area contributed by atoms with Crippen LogP contribution in [0, 0.1) is 18.3 Å². The van der Waals surface area contributed by atoms with Crippen LogP contribution >= 0.6 is 0 Å². The van der Waals surface area contributed by atoms with Crippen LogP contribution < -0.4 is 4.90 Å². The summed E-state index contributed by atoms with van der Waals surface area (Å²) in [4.78, 5) is 4.74. The summed E-state index contributed by atoms with van der Waals surface area (Å²) in [5, 5.41) is 9.27. The Morgan fingerprint density at radius 3 is 2.39 bits per heavy atom. The molecular weight excluding hydrogens is 222 g/mol. The molecule has 0 radical (unpaired) electrons. The zero-order chi connectivity index (χ0) is 13.3. The van der Waals surface area contributed by atoms with Gasteiger partial charge in [-0.1, -0.05) is 6.07 Å². The smallest absolute Gasteiger partial charge is 0.101 e. The molecule has 3 heteroatoms. The highest BCUT2D eigenvalue weighted by Gasteiger charge is 2.27. The van der Waals surface area contributed by atoms with Gasteiger partial charge >= 0.3 is 0 Å². The maximum atomic E-state index is 9.27. The molecule has 1 aromatic carbocycles. The highest BCUT2D eigenvalue weighted by Crippen LogP contribution is 2.25. The topological polar surface area (TPSA) is 30.3 Å². The van der Waals surface area contributed by atoms with Gasteiger partial charge in [0.05, 0.1) is 11.3 Å². The molecule has 1 aliphatic rings. The first kappa shape index (κ1) is 12.9. The number of nitriles is 1. The maximum absolute atomic E-state index is 9.27. The summed E-state index contributed by atoms with van der Waals surface area (Å²) in [7, 11) is 2.17. The first-order valence-corrected chi connectivity index (χ1v) is 6.50. The van der Waals surface area contributed by atoms with E-state index in [0.717, 1.165) is 29.9 Å². The van der Waals surface area contributed by atoms with Crippen LogP contribution in [0.5, 0.6) is 0 Å². The first-order chi connectivity index (χ1) is 8.52. The maximum Gasteiger partial charge on any atom is 0.101 e. The van der Waals surface area contributed by atoms with Gasteiger partial charge in [0.15, 0.2) is 0 Å². The molecule has 1 aliphatic heterocycles. The van der Waals surface area contributed by atoms with Crippen LogP contribution in [0.25, 0.3) is 0 Å². The van der Waals surface area contributed by atoms with Crippen molar-refractivity contribution in [3.8, 4) is 6.07 Å². The van der Waals surface area contributed by atoms with Crippen LogP contribution in [0.15, 0.2) is 18.2 Å². The van der Waals surface area contributed by atoms with Crippen molar-refractivity contribution in [1.82, 2.24) is 4.90 Å². The number of rotatable bonds is 1. The van der Waals surface area contributed by atoms with Gasteiger partial charge in [0.25, 0.3) is 0 Å². The van der Waals surface area contributed by atoms with E-state index in [0.29, 0.717) is 12.1 Å². The van der Waals surface area contributed by atoms with Crippen molar-refractivity contribution in [1.29, 1.82) is 5.26 Å². The van der Waals surface area contributed by atoms with Gasteiger partial charge in [-0.3, -0.25) is 4.90 Å². The van der Waals surface area contributed by atoms with Crippen molar-refractivity contribution in [2.45, 2.75) is 32.9 Å². The Balaban J connectivity index is 2.30. The Labute approximate surface area is 110 Å². The van der Waals surface area contributed by atoms with E-state index in [9.17, 15) is 5.26 Å². The average molecular weight is 243 g/mol. The fraction of sp³-hybridized carbons (Fsp3) is 0.533. The van der Waals surface area contributed by atoms with Gasteiger partial charge in [0.2, 0.25) is 0 Å². The number of aryl methyl sites for hydroxylation is 1. The lowest BCUT2D eigenvalue weighted by atomic mass is 10.0. The van der Waals surface area contributed by atoms with E-state index in [1.54, 1.807) is 0 Å². The average Bonchev–Trinajstić information content (AvgIpc) is 2.35. The predicted octanol–water partition coefficient (Wildman–Crippen LogP) is 2.40. The third-order valence-corrected chi connectivity index (χ3v) is 3.97. The molecule has 1 fully saturated rings. The second-order valence-corrected chi connectivity index (χ2v) is 5.40. The van der Waals surface area contributed by atoms with Crippen molar-refractivity contribution < 1.29 is 0 Å². The number of benzene rings is 1. The van der Waals surface area contributed by atoms with E-state index in [-0.39, 0.29) is 0 Å². The Bertz CT molecular complexity index is 463. The lowest BCUT2D eigenvalue weighted by molar-refractivity contribution is 0.170. The molecule has 2 unspecified atom stereocenters. The van der Waals surface area contributed by atoms with Crippen LogP contribution in [-0.2, 0) is 0 Å². The second-order valence-electron chi connectivity index (χ2n) is 5.40. The van der Waals surface area contributed by atoms with Crippen molar-refractivity contribution >= 4 is 5.69 Å². The van der Waals surface area contributed by atoms with E-state index in [1.807, 2.05) is 13.0 Å². The highest BCUT2D eigenvalue weighted by atomic mass is 15.3. The van der Waals surface area contributed by atoms with Gasteiger partial charge in [-0.15, -0.1) is 0 Å². The Kier molecular flexibility index (Phi) is 3.58. The van der Waals surface area contributed by atoms with Crippen LogP contribution in [0.2, 0.25) is 0 Å². The number of likely N-dealkylation sites (N-methyl/N-ethyl adjacent to an activating group) is 1. The number of anilines is 1. The molecule has 96 valence electrons. The third-order valence-electron chi connectivity index (χ3n) is 3.97. The van der Waals surface area contributed by atoms with Gasteiger partial charge in [-0.2, -0.15) is 5.26 Å². The standard InChI is InChI=1S/C15H21N3/c1-11-5-6-15(14(7-11)8-16)18-9-12(2)17(4)13(3)10-18/h5-7,12-13H,9-10H2,1-4H3. The van der Waals surface area contributed by atoms with Gasteiger partial charge in [0.1, 0.15) is 6.07 Å². The quantitative estimate of drug-likeness (QED) is 0.758. The molecule has 0 saturated carbocycles. The predicted molar refractivity (Wildman–Crippen MR) is 74.8 cm³/mol. The minimum Gasteiger partial charge on any atom is -0.367 e. The van der Waals surface area contributed by atoms with Gasteiger partial charge < -0.3 is 4.90 Å². The van der Waals surface area contributed by atoms with Crippen molar-refractivity contribution in [3.05, 3.63) is 29.3 Å². The second kappa shape index (κ2) is 4.99. The molecule has 18 heavy (non-hydrogen) atoms. The highest BCUT2D eigenvalue weighted by molar-refractivity contribution is 5.60. The molecule has 1 saturated heterocycles. The fourth-order valence-corrected chi connectivity index (χ4v) is 2.62. The molecular formula is C15H21N3. The molecule has 0 spiro atoms. The fourth-order valence-electron chi connectivity index (χ4n) is 2.62. The lowest BCUT2D eigenvalue weighted by Gasteiger charge is -2.43. The van der Waals surface area contributed by atoms with Gasteiger partial charge in [0, 0.05) is 25.2 Å². The van der Waals surface area contributed by atoms with Crippen molar-refractivity contribution in [3.63, 3.8) is 0 Å². The third kappa shape index (κ3) is 2.34. The zero-order valence-corrected chi connectivity index (χ0v) is 11.6. The summed E-state index contributed by atoms with van der Waals surface area (Å²) in [6, 6.07) is 9.49. The van der Waals surface area contributed by atoms with Crippen LogP contribution in [0.3, 0.4) is 0 Å². The Morgan fingerprint density at radius 2 is 1.83 bits per heavy atom. The molecule has 0 N–H and O–H groups in total. The van der Waals surface area contributed by atoms with Crippen molar-refractivity contribution in [2.24, 2.45) is 0 Å². The number of piperazine rings is 1. The molecule has 1 heterocycles. The summed E-state index contributed by atoms with van der Waals surface area (Å²) in [6.07, 6.45) is 0. The van der Waals surface area contributed by atoms with E-state index in [1.165, 1.54) is 0 Å². The van der Waals surface area contributed by atoms with E-state index < -0.39 is 0 Å². The van der Waals surface area contributed by atoms with E-state index in [2.05, 4.69) is 48.9 Å². The molecule has 0 aromatic heterocycles. The lowest BCUT2D eigenvalue weighted by Crippen LogP contribution is -2.55. The summed E-state index contributed by atoms with van der Waals surface area (Å²) in [6.45, 7) is 8.48. The Hall–Kier alpha value is -1.53. The number of hydrogen-bond donors (Lipinski definition) is 0. The normalized spacial score (nSPS) is 24.9. The molecule has 3 nitrogen and oxygen atoms in total. The summed E-state index contributed by atoms with van der Waals surface area (Å²) < 4.78 is 0. The monoisotopic (exact) mass is 243 g/mol. The molecule has 2 rings (SSSR count). The Morgan fingerprint density at radius 1 is 1.22 bits per heavy atom. The first-order valence-electron chi connectivity index (χ1n) is 6.50. The van der Waals surface area contributed by atoms with Crippen LogP contribution in [0.4, 0.5) is 5.69 Å². The number of hydrogen-bond acceptors (Lipinski definition) is 3. The van der Waals surface area contributed by atoms with Crippen LogP contribution in [0.1, 0.15) is 25.0 Å². The summed E-state index contributed by atoms with van der Waals surface area (Å²) >= 11 is 0. The largest absolute Gasteiger partial charge is 0.367 e. The molecule has 1 aromatic rings. The SMILES string of the molecule is Cc1ccc(N2CC(C)N(C)C(C)C2)c(C#N)c1. The molecule has 0 amide bonds. The summed E-state index contributed by atoms with van der Waals surface area (Å²) in [5.74, 6) is 0. The minimum atomic E-state index is 0.515. The zero-order valence-electron chi connectivity index (χ0n) is 11.6. The van der Waals surface area contributed by atoms with Gasteiger partial charge in [-0.25, -0.2) is 0 Å². The van der Waals surface area contributed by atoms with E-state index >= 15 is 0 Å². The number of nitrogens with zero attached hydrogens (tertiary/aromatic N) is 3. The van der Waals surface area contributed by atoms with Gasteiger partial charge in [-0.05, 0) is 45.5 Å². The van der Waals surface area contributed by atoms with Crippen LogP contribution in [-0.4, -0.2) is 37.1 Å². The molecule has 2 atom stereocenters. The molecule has 0 bridgehead atoms. The van der Waals surface area contributed by atoms with E-state index in [4.69, 9.17) is 0 Å².